The van der Waals surface area contributed by atoms with Gasteiger partial charge in [0.2, 0.25) is 20.2 Å². The van der Waals surface area contributed by atoms with Crippen LogP contribution in [-0.4, -0.2) is 65.0 Å². The van der Waals surface area contributed by atoms with Crippen LogP contribution in [0.3, 0.4) is 0 Å². The topological polar surface area (TPSA) is 30.9 Å². The van der Waals surface area contributed by atoms with E-state index in [1.54, 1.807) is 0 Å². The predicted octanol–water partition coefficient (Wildman–Crippen LogP) is 3.68. The molecule has 0 spiro atoms. The molecule has 143 valence electrons. The normalized spacial score (nSPS) is 26.0. The van der Waals surface area contributed by atoms with E-state index in [4.69, 9.17) is 13.0 Å². The van der Waals surface area contributed by atoms with Crippen molar-refractivity contribution >= 4 is 30.3 Å². The molecule has 4 nitrogen and oxygen atoms in total. The van der Waals surface area contributed by atoms with E-state index in [1.807, 2.05) is 0 Å². The van der Waals surface area contributed by atoms with Crippen molar-refractivity contribution in [2.24, 2.45) is 0 Å². The molecular weight excluding hydrogens is 362 g/mol. The third-order valence-corrected chi connectivity index (χ3v) is 8.41. The van der Waals surface area contributed by atoms with E-state index in [2.05, 4.69) is 56.9 Å². The zero-order valence-electron chi connectivity index (χ0n) is 17.0. The van der Waals surface area contributed by atoms with E-state index in [9.17, 15) is 0 Å². The van der Waals surface area contributed by atoms with Crippen molar-refractivity contribution in [3.05, 3.63) is 0 Å². The van der Waals surface area contributed by atoms with Crippen LogP contribution in [0.5, 0.6) is 0 Å². The minimum atomic E-state index is -0.0886. The Labute approximate surface area is 164 Å². The highest BCUT2D eigenvalue weighted by Gasteiger charge is 2.60. The van der Waals surface area contributed by atoms with E-state index in [0.29, 0.717) is 9.76 Å². The van der Waals surface area contributed by atoms with Crippen LogP contribution in [-0.2, 0) is 13.0 Å². The monoisotopic (exact) mass is 398 g/mol. The molecule has 0 aliphatic carbocycles. The maximum absolute atomic E-state index is 6.82. The Morgan fingerprint density at radius 1 is 1.00 bits per heavy atom. The maximum Gasteiger partial charge on any atom is 0.409 e. The van der Waals surface area contributed by atoms with Crippen molar-refractivity contribution in [2.75, 3.05) is 13.2 Å². The van der Waals surface area contributed by atoms with Crippen LogP contribution >= 0.6 is 0 Å². The number of rotatable bonds is 12. The first-order chi connectivity index (χ1) is 12.0. The van der Waals surface area contributed by atoms with Crippen molar-refractivity contribution in [3.8, 4) is 0 Å². The molecule has 0 aromatic rings. The van der Waals surface area contributed by atoms with Gasteiger partial charge in [-0.1, -0.05) is 41.5 Å². The predicted molar refractivity (Wildman–Crippen MR) is 107 cm³/mol. The first-order valence-electron chi connectivity index (χ1n) is 9.89. The summed E-state index contributed by atoms with van der Waals surface area (Å²) in [6, 6.07) is 1.03. The number of ether oxygens (including phenoxy) is 1. The zero-order chi connectivity index (χ0) is 19.0. The second-order valence-corrected chi connectivity index (χ2v) is 9.57. The summed E-state index contributed by atoms with van der Waals surface area (Å²) in [4.78, 5) is 2.82. The molecule has 1 rings (SSSR count). The smallest absolute Gasteiger partial charge is 0.409 e. The van der Waals surface area contributed by atoms with Crippen LogP contribution in [0.4, 0.5) is 0 Å². The molecule has 1 fully saturated rings. The first kappa shape index (κ1) is 23.5. The van der Waals surface area contributed by atoms with Gasteiger partial charge in [-0.3, -0.25) is 4.90 Å². The van der Waals surface area contributed by atoms with Gasteiger partial charge in [-0.05, 0) is 51.1 Å². The zero-order valence-corrected chi connectivity index (χ0v) is 20.0. The number of hydrogen-bond acceptors (Lipinski definition) is 4. The van der Waals surface area contributed by atoms with Gasteiger partial charge in [-0.15, -0.1) is 0 Å². The van der Waals surface area contributed by atoms with Crippen molar-refractivity contribution in [1.29, 1.82) is 0 Å². The van der Waals surface area contributed by atoms with Gasteiger partial charge in [0.25, 0.3) is 0 Å². The highest BCUT2D eigenvalue weighted by Crippen LogP contribution is 2.51. The first-order valence-corrected chi connectivity index (χ1v) is 12.2. The van der Waals surface area contributed by atoms with E-state index >= 15 is 0 Å². The molecule has 0 aromatic heterocycles. The molecule has 1 atom stereocenters. The van der Waals surface area contributed by atoms with Crippen LogP contribution < -0.4 is 0 Å². The summed E-state index contributed by atoms with van der Waals surface area (Å²) in [5, 5.41) is 0. The summed E-state index contributed by atoms with van der Waals surface area (Å²) >= 11 is 0. The fourth-order valence-electron chi connectivity index (χ4n) is 5.20. The van der Waals surface area contributed by atoms with Gasteiger partial charge in [-0.2, -0.15) is 0 Å². The van der Waals surface area contributed by atoms with Crippen LogP contribution in [0.25, 0.3) is 0 Å². The molecule has 7 heteroatoms. The van der Waals surface area contributed by atoms with Crippen molar-refractivity contribution < 1.29 is 13.0 Å². The highest BCUT2D eigenvalue weighted by molar-refractivity contribution is 6.41. The van der Waals surface area contributed by atoms with E-state index in [-0.39, 0.29) is 26.7 Å². The number of likely N-dealkylation sites (N-methyl/N-ethyl adjacent to an activating group) is 1. The molecule has 1 aliphatic heterocycles. The molecule has 0 aromatic carbocycles. The quantitative estimate of drug-likeness (QED) is 0.371. The maximum atomic E-state index is 6.82. The molecule has 1 heterocycles. The SMILES string of the molecule is CCN1C(CC)(CC)COC(CC)(CC[Si]O[Si]O[Si])C1(CC)CC. The Kier molecular flexibility index (Phi) is 10.1. The van der Waals surface area contributed by atoms with Crippen molar-refractivity contribution in [1.82, 2.24) is 4.90 Å². The lowest BCUT2D eigenvalue weighted by Gasteiger charge is -2.66. The lowest BCUT2D eigenvalue weighted by molar-refractivity contribution is -0.257. The summed E-state index contributed by atoms with van der Waals surface area (Å²) in [7, 11) is 3.53. The van der Waals surface area contributed by atoms with Crippen LogP contribution in [0.15, 0.2) is 0 Å². The van der Waals surface area contributed by atoms with Gasteiger partial charge in [0.15, 0.2) is 0 Å². The lowest BCUT2D eigenvalue weighted by atomic mass is 9.66. The minimum Gasteiger partial charge on any atom is -0.435 e. The third kappa shape index (κ3) is 4.33. The molecule has 1 saturated heterocycles. The second-order valence-electron chi connectivity index (χ2n) is 6.98. The summed E-state index contributed by atoms with van der Waals surface area (Å²) in [5.74, 6) is 0. The van der Waals surface area contributed by atoms with Crippen LogP contribution in [0.2, 0.25) is 6.04 Å². The molecule has 0 saturated carbocycles. The number of hydrogen-bond donors (Lipinski definition) is 0. The molecule has 0 amide bonds. The summed E-state index contributed by atoms with van der Waals surface area (Å²) in [6.07, 6.45) is 6.65. The van der Waals surface area contributed by atoms with Crippen LogP contribution in [0.1, 0.15) is 80.1 Å². The average molecular weight is 399 g/mol. The molecule has 25 heavy (non-hydrogen) atoms. The fraction of sp³-hybridized carbons (Fsp3) is 1.00. The molecule has 0 bridgehead atoms. The molecule has 1 aliphatic rings. The minimum absolute atomic E-state index is 0.0715. The van der Waals surface area contributed by atoms with E-state index in [0.717, 1.165) is 57.7 Å². The van der Waals surface area contributed by atoms with Gasteiger partial charge in [0.05, 0.1) is 12.2 Å². The Morgan fingerprint density at radius 3 is 2.08 bits per heavy atom. The standard InChI is InChI=1S/C18H36NO3Si3/c1-7-16(8-2)15-20-18(11-5,13-14-24-22-25-21-23)17(9-3,10-4)19(16)12-6/h7-15H2,1-6H3. The van der Waals surface area contributed by atoms with Gasteiger partial charge < -0.3 is 13.0 Å². The lowest BCUT2D eigenvalue weighted by Crippen LogP contribution is -2.76. The fourth-order valence-corrected chi connectivity index (χ4v) is 6.89. The Morgan fingerprint density at radius 2 is 1.64 bits per heavy atom. The second kappa shape index (κ2) is 10.7. The van der Waals surface area contributed by atoms with Gasteiger partial charge in [-0.25, -0.2) is 0 Å². The largest absolute Gasteiger partial charge is 0.435 e. The van der Waals surface area contributed by atoms with E-state index in [1.165, 1.54) is 0 Å². The Balaban J connectivity index is 3.15. The number of nitrogens with zero attached hydrogens (tertiary/aromatic N) is 1. The van der Waals surface area contributed by atoms with Crippen molar-refractivity contribution in [3.63, 3.8) is 0 Å². The van der Waals surface area contributed by atoms with Crippen LogP contribution in [0, 0.1) is 0 Å². The Bertz CT molecular complexity index is 379. The van der Waals surface area contributed by atoms with Gasteiger partial charge in [0.1, 0.15) is 0 Å². The summed E-state index contributed by atoms with van der Waals surface area (Å²) < 4.78 is 17.2. The third-order valence-electron chi connectivity index (χ3n) is 6.71. The van der Waals surface area contributed by atoms with Gasteiger partial charge >= 0.3 is 10.0 Å². The highest BCUT2D eigenvalue weighted by atomic mass is 28.3. The number of morpholine rings is 1. The molecular formula is C18H36NO3Si3. The summed E-state index contributed by atoms with van der Waals surface area (Å²) in [5.41, 5.74) is 0.178. The average Bonchev–Trinajstić information content (AvgIpc) is 2.67. The summed E-state index contributed by atoms with van der Waals surface area (Å²) in [6.45, 7) is 15.9. The Hall–Kier alpha value is 0.491. The van der Waals surface area contributed by atoms with E-state index < -0.39 is 0 Å². The molecule has 1 unspecified atom stereocenters. The molecule has 0 N–H and O–H groups in total. The van der Waals surface area contributed by atoms with Crippen molar-refractivity contribution in [2.45, 2.75) is 103 Å². The molecule has 7 radical (unpaired) electrons. The van der Waals surface area contributed by atoms with Gasteiger partial charge in [0, 0.05) is 11.1 Å².